The molecule has 0 atom stereocenters. The zero-order valence-electron chi connectivity index (χ0n) is 14.3. The van der Waals surface area contributed by atoms with Crippen molar-refractivity contribution >= 4 is 21.4 Å². The van der Waals surface area contributed by atoms with Gasteiger partial charge in [0.15, 0.2) is 5.60 Å². The Bertz CT molecular complexity index is 969. The molecule has 164 valence electrons. The number of aliphatic imine (C=N–C) groups is 1. The SMILES string of the molecule is CC1(C)Oc2ccc(S(=O)(=O)C(F)(F)C(F)(F)C(F)(F)C(F)(F)F)cc2N=C1N. The summed E-state index contributed by atoms with van der Waals surface area (Å²) in [6, 6.07) is 1.20. The molecule has 0 aliphatic carbocycles. The van der Waals surface area contributed by atoms with Crippen LogP contribution >= 0.6 is 0 Å². The van der Waals surface area contributed by atoms with E-state index in [9.17, 15) is 47.9 Å². The van der Waals surface area contributed by atoms with Gasteiger partial charge in [0.2, 0.25) is 9.84 Å². The molecule has 0 unspecified atom stereocenters. The maximum atomic E-state index is 13.9. The zero-order valence-corrected chi connectivity index (χ0v) is 15.1. The molecule has 1 aliphatic heterocycles. The fraction of sp³-hybridized carbons (Fsp3) is 0.500. The highest BCUT2D eigenvalue weighted by Crippen LogP contribution is 2.56. The van der Waals surface area contributed by atoms with E-state index in [2.05, 4.69) is 4.99 Å². The molecule has 0 amide bonds. The topological polar surface area (TPSA) is 81.8 Å². The molecule has 0 saturated heterocycles. The minimum Gasteiger partial charge on any atom is -0.478 e. The molecule has 29 heavy (non-hydrogen) atoms. The standard InChI is InChI=1S/C14H11F9N2O3S/c1-10(2)9(24)25-7-5-6(3-4-8(7)28-10)29(26,27)14(22,23)12(17,18)11(15,16)13(19,20)21/h3-5H,1-2H3,(H2,24,25). The van der Waals surface area contributed by atoms with E-state index < -0.39 is 49.3 Å². The number of hydrogen-bond acceptors (Lipinski definition) is 5. The zero-order chi connectivity index (χ0) is 22.8. The average Bonchev–Trinajstić information content (AvgIpc) is 2.53. The van der Waals surface area contributed by atoms with Gasteiger partial charge in [-0.3, -0.25) is 0 Å². The summed E-state index contributed by atoms with van der Waals surface area (Å²) < 4.78 is 146. The van der Waals surface area contributed by atoms with Crippen molar-refractivity contribution in [1.82, 2.24) is 0 Å². The van der Waals surface area contributed by atoms with Gasteiger partial charge in [-0.2, -0.15) is 39.5 Å². The summed E-state index contributed by atoms with van der Waals surface area (Å²) in [4.78, 5) is 1.95. The molecule has 0 bridgehead atoms. The van der Waals surface area contributed by atoms with Gasteiger partial charge >= 0.3 is 23.3 Å². The first-order valence-electron chi connectivity index (χ1n) is 7.32. The monoisotopic (exact) mass is 458 g/mol. The van der Waals surface area contributed by atoms with E-state index in [4.69, 9.17) is 10.5 Å². The molecular weight excluding hydrogens is 447 g/mol. The van der Waals surface area contributed by atoms with E-state index in [1.54, 1.807) is 0 Å². The molecule has 5 nitrogen and oxygen atoms in total. The maximum absolute atomic E-state index is 13.9. The van der Waals surface area contributed by atoms with Crippen LogP contribution in [0.25, 0.3) is 0 Å². The third kappa shape index (κ3) is 3.18. The minimum atomic E-state index is -7.35. The quantitative estimate of drug-likeness (QED) is 0.691. The molecular formula is C14H11F9N2O3S. The molecule has 2 N–H and O–H groups in total. The van der Waals surface area contributed by atoms with Crippen molar-refractivity contribution in [2.24, 2.45) is 10.7 Å². The Morgan fingerprint density at radius 1 is 0.966 bits per heavy atom. The summed E-state index contributed by atoms with van der Waals surface area (Å²) in [6.45, 7) is 2.85. The van der Waals surface area contributed by atoms with Crippen molar-refractivity contribution in [3.8, 4) is 5.75 Å². The van der Waals surface area contributed by atoms with Crippen LogP contribution in [0.2, 0.25) is 0 Å². The van der Waals surface area contributed by atoms with Crippen LogP contribution in [0.5, 0.6) is 5.75 Å². The normalized spacial score (nSPS) is 18.0. The van der Waals surface area contributed by atoms with Crippen molar-refractivity contribution in [2.75, 3.05) is 0 Å². The van der Waals surface area contributed by atoms with Crippen molar-refractivity contribution in [2.45, 2.75) is 47.6 Å². The number of nitrogens with two attached hydrogens (primary N) is 1. The van der Waals surface area contributed by atoms with E-state index >= 15 is 0 Å². The summed E-state index contributed by atoms with van der Waals surface area (Å²) >= 11 is 0. The van der Waals surface area contributed by atoms with Crippen molar-refractivity contribution < 1.29 is 52.7 Å². The first-order chi connectivity index (χ1) is 12.7. The molecule has 0 fully saturated rings. The summed E-state index contributed by atoms with van der Waals surface area (Å²) in [5, 5.41) is -6.84. The molecule has 2 rings (SSSR count). The Balaban J connectivity index is 2.61. The molecule has 0 aromatic heterocycles. The van der Waals surface area contributed by atoms with Crippen LogP contribution in [0.3, 0.4) is 0 Å². The Kier molecular flexibility index (Phi) is 4.90. The van der Waals surface area contributed by atoms with Gasteiger partial charge in [-0.25, -0.2) is 13.4 Å². The smallest absolute Gasteiger partial charge is 0.460 e. The number of nitrogens with zero attached hydrogens (tertiary/aromatic N) is 1. The van der Waals surface area contributed by atoms with Crippen LogP contribution in [-0.2, 0) is 9.84 Å². The van der Waals surface area contributed by atoms with Gasteiger partial charge in [-0.15, -0.1) is 0 Å². The van der Waals surface area contributed by atoms with E-state index in [0.29, 0.717) is 6.07 Å². The summed E-state index contributed by atoms with van der Waals surface area (Å²) in [7, 11) is -6.75. The number of fused-ring (bicyclic) bond motifs is 1. The van der Waals surface area contributed by atoms with Gasteiger partial charge in [0.05, 0.1) is 4.90 Å². The Hall–Kier alpha value is -2.19. The van der Waals surface area contributed by atoms with E-state index in [1.165, 1.54) is 13.8 Å². The Labute approximate surface area is 157 Å². The molecule has 1 aliphatic rings. The minimum absolute atomic E-state index is 0.223. The largest absolute Gasteiger partial charge is 0.478 e. The van der Waals surface area contributed by atoms with E-state index in [0.717, 1.165) is 0 Å². The molecule has 0 radical (unpaired) electrons. The first kappa shape index (κ1) is 23.1. The van der Waals surface area contributed by atoms with Crippen molar-refractivity contribution in [3.63, 3.8) is 0 Å². The number of amidine groups is 1. The van der Waals surface area contributed by atoms with Gasteiger partial charge in [0.1, 0.15) is 17.3 Å². The van der Waals surface area contributed by atoms with E-state index in [-0.39, 0.29) is 23.7 Å². The number of ether oxygens (including phenoxy) is 1. The van der Waals surface area contributed by atoms with Crippen LogP contribution in [0, 0.1) is 0 Å². The number of alkyl halides is 9. The number of sulfone groups is 1. The second-order valence-corrected chi connectivity index (χ2v) is 8.40. The average molecular weight is 458 g/mol. The summed E-state index contributed by atoms with van der Waals surface area (Å²) in [6.07, 6.45) is -7.15. The summed E-state index contributed by atoms with van der Waals surface area (Å²) in [5.74, 6) is -15.2. The van der Waals surface area contributed by atoms with Gasteiger partial charge in [0.25, 0.3) is 0 Å². The van der Waals surface area contributed by atoms with Gasteiger partial charge < -0.3 is 10.5 Å². The Morgan fingerprint density at radius 3 is 1.97 bits per heavy atom. The third-order valence-electron chi connectivity index (χ3n) is 3.92. The van der Waals surface area contributed by atoms with Crippen LogP contribution in [0.1, 0.15) is 13.8 Å². The number of halogens is 9. The highest BCUT2D eigenvalue weighted by atomic mass is 32.2. The van der Waals surface area contributed by atoms with Crippen LogP contribution in [0.15, 0.2) is 28.1 Å². The second kappa shape index (κ2) is 6.15. The number of hydrogen-bond donors (Lipinski definition) is 1. The highest BCUT2D eigenvalue weighted by Gasteiger charge is 2.85. The molecule has 15 heteroatoms. The fourth-order valence-electron chi connectivity index (χ4n) is 2.11. The van der Waals surface area contributed by atoms with Crippen molar-refractivity contribution in [3.05, 3.63) is 18.2 Å². The first-order valence-corrected chi connectivity index (χ1v) is 8.81. The van der Waals surface area contributed by atoms with Gasteiger partial charge in [0, 0.05) is 0 Å². The predicted octanol–water partition coefficient (Wildman–Crippen LogP) is 4.05. The maximum Gasteiger partial charge on any atom is 0.460 e. The number of rotatable bonds is 4. The van der Waals surface area contributed by atoms with Gasteiger partial charge in [-0.05, 0) is 32.0 Å². The lowest BCUT2D eigenvalue weighted by Gasteiger charge is -2.33. The van der Waals surface area contributed by atoms with Gasteiger partial charge in [-0.1, -0.05) is 0 Å². The van der Waals surface area contributed by atoms with Crippen LogP contribution in [-0.4, -0.2) is 43.1 Å². The highest BCUT2D eigenvalue weighted by molar-refractivity contribution is 7.92. The Morgan fingerprint density at radius 2 is 1.48 bits per heavy atom. The molecule has 0 spiro atoms. The van der Waals surface area contributed by atoms with E-state index in [1.807, 2.05) is 0 Å². The number of benzene rings is 1. The lowest BCUT2D eigenvalue weighted by Crippen LogP contribution is -2.63. The summed E-state index contributed by atoms with van der Waals surface area (Å²) in [5.41, 5.74) is 3.78. The molecule has 0 saturated carbocycles. The predicted molar refractivity (Wildman–Crippen MR) is 80.5 cm³/mol. The molecule has 1 aromatic rings. The molecule has 1 aromatic carbocycles. The lowest BCUT2D eigenvalue weighted by molar-refractivity contribution is -0.382. The van der Waals surface area contributed by atoms with Crippen LogP contribution in [0.4, 0.5) is 45.2 Å². The third-order valence-corrected chi connectivity index (χ3v) is 5.72. The second-order valence-electron chi connectivity index (χ2n) is 6.41. The lowest BCUT2D eigenvalue weighted by atomic mass is 10.1. The van der Waals surface area contributed by atoms with Crippen molar-refractivity contribution in [1.29, 1.82) is 0 Å². The fourth-order valence-corrected chi connectivity index (χ4v) is 3.38. The molecule has 1 heterocycles. The van der Waals surface area contributed by atoms with Crippen LogP contribution < -0.4 is 10.5 Å².